The van der Waals surface area contributed by atoms with Gasteiger partial charge in [0.1, 0.15) is 5.52 Å². The Balaban J connectivity index is 1.98. The van der Waals surface area contributed by atoms with Crippen LogP contribution in [-0.2, 0) is 19.5 Å². The lowest BCUT2D eigenvalue weighted by atomic mass is 10.3. The van der Waals surface area contributed by atoms with E-state index in [1.54, 1.807) is 11.3 Å². The highest BCUT2D eigenvalue weighted by Crippen LogP contribution is 2.24. The third-order valence-corrected chi connectivity index (χ3v) is 5.35. The van der Waals surface area contributed by atoms with E-state index in [0.717, 1.165) is 41.1 Å². The summed E-state index contributed by atoms with van der Waals surface area (Å²) >= 11 is 10.7. The van der Waals surface area contributed by atoms with Crippen molar-refractivity contribution in [2.45, 2.75) is 33.4 Å². The first kappa shape index (κ1) is 14.0. The standard InChI is InChI=1S/C13H15BrN4S2/c1-3-18-12-11(8(2)16-18)15-13(19)17(12)7-6-9-4-5-10(14)20-9/h4-5H,3,6-7H2,1-2H3,(H,15,19). The monoisotopic (exact) mass is 370 g/mol. The van der Waals surface area contributed by atoms with Gasteiger partial charge in [-0.25, -0.2) is 4.68 Å². The van der Waals surface area contributed by atoms with Gasteiger partial charge >= 0.3 is 0 Å². The van der Waals surface area contributed by atoms with Gasteiger partial charge < -0.3 is 9.55 Å². The van der Waals surface area contributed by atoms with Gasteiger partial charge in [-0.05, 0) is 60.5 Å². The molecular weight excluding hydrogens is 356 g/mol. The molecule has 4 nitrogen and oxygen atoms in total. The Bertz CT molecular complexity index is 808. The van der Waals surface area contributed by atoms with E-state index in [0.29, 0.717) is 0 Å². The molecule has 0 fully saturated rings. The van der Waals surface area contributed by atoms with E-state index < -0.39 is 0 Å². The van der Waals surface area contributed by atoms with Crippen molar-refractivity contribution in [3.63, 3.8) is 0 Å². The van der Waals surface area contributed by atoms with Crippen molar-refractivity contribution in [3.8, 4) is 0 Å². The predicted octanol–water partition coefficient (Wildman–Crippen LogP) is 4.29. The summed E-state index contributed by atoms with van der Waals surface area (Å²) in [5.74, 6) is 0. The Morgan fingerprint density at radius 3 is 2.90 bits per heavy atom. The van der Waals surface area contributed by atoms with E-state index >= 15 is 0 Å². The zero-order chi connectivity index (χ0) is 14.3. The average molecular weight is 371 g/mol. The predicted molar refractivity (Wildman–Crippen MR) is 89.0 cm³/mol. The Labute approximate surface area is 134 Å². The Morgan fingerprint density at radius 1 is 1.45 bits per heavy atom. The average Bonchev–Trinajstić information content (AvgIpc) is 3.05. The van der Waals surface area contributed by atoms with Crippen LogP contribution in [0, 0.1) is 11.7 Å². The number of hydrogen-bond acceptors (Lipinski definition) is 3. The highest BCUT2D eigenvalue weighted by Gasteiger charge is 2.13. The van der Waals surface area contributed by atoms with E-state index in [1.807, 2.05) is 11.6 Å². The van der Waals surface area contributed by atoms with E-state index in [4.69, 9.17) is 12.2 Å². The minimum atomic E-state index is 0.776. The number of nitrogens with one attached hydrogen (secondary N) is 1. The molecule has 1 N–H and O–H groups in total. The van der Waals surface area contributed by atoms with Crippen LogP contribution in [0.25, 0.3) is 11.2 Å². The van der Waals surface area contributed by atoms with Gasteiger partial charge in [0.25, 0.3) is 0 Å². The molecule has 0 aliphatic heterocycles. The first-order valence-electron chi connectivity index (χ1n) is 6.50. The molecule has 0 aromatic carbocycles. The van der Waals surface area contributed by atoms with E-state index in [-0.39, 0.29) is 0 Å². The highest BCUT2D eigenvalue weighted by molar-refractivity contribution is 9.11. The maximum Gasteiger partial charge on any atom is 0.179 e. The van der Waals surface area contributed by atoms with Gasteiger partial charge in [0.05, 0.1) is 9.48 Å². The summed E-state index contributed by atoms with van der Waals surface area (Å²) in [6.45, 7) is 5.83. The van der Waals surface area contributed by atoms with Crippen molar-refractivity contribution in [1.82, 2.24) is 19.3 Å². The number of imidazole rings is 1. The van der Waals surface area contributed by atoms with Crippen molar-refractivity contribution in [3.05, 3.63) is 31.3 Å². The molecule has 3 heterocycles. The lowest BCUT2D eigenvalue weighted by Crippen LogP contribution is -2.06. The van der Waals surface area contributed by atoms with Crippen molar-refractivity contribution in [2.24, 2.45) is 0 Å². The summed E-state index contributed by atoms with van der Waals surface area (Å²) in [4.78, 5) is 4.63. The van der Waals surface area contributed by atoms with Crippen LogP contribution in [0.5, 0.6) is 0 Å². The molecule has 0 bridgehead atoms. The molecule has 0 unspecified atom stereocenters. The van der Waals surface area contributed by atoms with Gasteiger partial charge in [0.15, 0.2) is 10.4 Å². The van der Waals surface area contributed by atoms with Gasteiger partial charge in [0, 0.05) is 18.0 Å². The number of fused-ring (bicyclic) bond motifs is 1. The number of H-pyrrole nitrogens is 1. The number of nitrogens with zero attached hydrogens (tertiary/aromatic N) is 3. The quantitative estimate of drug-likeness (QED) is 0.695. The van der Waals surface area contributed by atoms with Crippen LogP contribution in [-0.4, -0.2) is 19.3 Å². The zero-order valence-electron chi connectivity index (χ0n) is 11.3. The fraction of sp³-hybridized carbons (Fsp3) is 0.385. The molecular formula is C13H15BrN4S2. The number of aromatic nitrogens is 4. The first-order chi connectivity index (χ1) is 9.60. The number of thiophene rings is 1. The van der Waals surface area contributed by atoms with Gasteiger partial charge in [-0.3, -0.25) is 0 Å². The van der Waals surface area contributed by atoms with Gasteiger partial charge in [-0.15, -0.1) is 11.3 Å². The van der Waals surface area contributed by atoms with E-state index in [9.17, 15) is 0 Å². The molecule has 0 saturated heterocycles. The molecule has 0 amide bonds. The summed E-state index contributed by atoms with van der Waals surface area (Å²) < 4.78 is 6.12. The molecule has 0 saturated carbocycles. The molecule has 0 aliphatic carbocycles. The SMILES string of the molecule is CCn1nc(C)c2[nH]c(=S)n(CCc3ccc(Br)s3)c21. The summed E-state index contributed by atoms with van der Waals surface area (Å²) in [6.07, 6.45) is 0.978. The van der Waals surface area contributed by atoms with Crippen LogP contribution in [0.1, 0.15) is 17.5 Å². The van der Waals surface area contributed by atoms with Crippen LogP contribution in [0.3, 0.4) is 0 Å². The molecule has 3 aromatic rings. The minimum Gasteiger partial charge on any atom is -0.328 e. The number of aromatic amines is 1. The lowest BCUT2D eigenvalue weighted by molar-refractivity contribution is 0.624. The minimum absolute atomic E-state index is 0.776. The maximum atomic E-state index is 5.45. The number of aryl methyl sites for hydroxylation is 4. The van der Waals surface area contributed by atoms with Crippen LogP contribution in [0.2, 0.25) is 0 Å². The van der Waals surface area contributed by atoms with E-state index in [2.05, 4.69) is 49.6 Å². The summed E-state index contributed by atoms with van der Waals surface area (Å²) in [7, 11) is 0. The summed E-state index contributed by atoms with van der Waals surface area (Å²) in [5.41, 5.74) is 3.17. The molecule has 3 aromatic heterocycles. The Hall–Kier alpha value is -0.920. The second-order valence-corrected chi connectivity index (χ2v) is 7.57. The van der Waals surface area contributed by atoms with Gasteiger partial charge in [-0.1, -0.05) is 0 Å². The normalized spacial score (nSPS) is 11.6. The fourth-order valence-corrected chi connectivity index (χ4v) is 4.15. The first-order valence-corrected chi connectivity index (χ1v) is 8.52. The van der Waals surface area contributed by atoms with Crippen molar-refractivity contribution < 1.29 is 0 Å². The largest absolute Gasteiger partial charge is 0.328 e. The van der Waals surface area contributed by atoms with Crippen LogP contribution < -0.4 is 0 Å². The summed E-state index contributed by atoms with van der Waals surface area (Å²) in [5, 5.41) is 4.54. The van der Waals surface area contributed by atoms with E-state index in [1.165, 1.54) is 8.66 Å². The van der Waals surface area contributed by atoms with Crippen molar-refractivity contribution >= 4 is 50.6 Å². The number of rotatable bonds is 4. The fourth-order valence-electron chi connectivity index (χ4n) is 2.40. The molecule has 0 aliphatic rings. The number of hydrogen-bond donors (Lipinski definition) is 1. The van der Waals surface area contributed by atoms with Crippen LogP contribution in [0.15, 0.2) is 15.9 Å². The van der Waals surface area contributed by atoms with Crippen molar-refractivity contribution in [2.75, 3.05) is 0 Å². The molecule has 7 heteroatoms. The molecule has 106 valence electrons. The third kappa shape index (κ3) is 2.38. The molecule has 0 spiro atoms. The van der Waals surface area contributed by atoms with Crippen LogP contribution in [0.4, 0.5) is 0 Å². The number of halogens is 1. The van der Waals surface area contributed by atoms with Crippen molar-refractivity contribution in [1.29, 1.82) is 0 Å². The maximum absolute atomic E-state index is 5.45. The zero-order valence-corrected chi connectivity index (χ0v) is 14.5. The third-order valence-electron chi connectivity index (χ3n) is 3.34. The molecule has 0 radical (unpaired) electrons. The molecule has 20 heavy (non-hydrogen) atoms. The Morgan fingerprint density at radius 2 is 2.25 bits per heavy atom. The second kappa shape index (κ2) is 5.46. The molecule has 3 rings (SSSR count). The second-order valence-electron chi connectivity index (χ2n) is 4.64. The lowest BCUT2D eigenvalue weighted by Gasteiger charge is -2.05. The molecule has 0 atom stereocenters. The smallest absolute Gasteiger partial charge is 0.179 e. The van der Waals surface area contributed by atoms with Gasteiger partial charge in [0.2, 0.25) is 0 Å². The van der Waals surface area contributed by atoms with Gasteiger partial charge in [-0.2, -0.15) is 5.10 Å². The highest BCUT2D eigenvalue weighted by atomic mass is 79.9. The summed E-state index contributed by atoms with van der Waals surface area (Å²) in [6, 6.07) is 4.25. The Kier molecular flexibility index (Phi) is 3.83. The van der Waals surface area contributed by atoms with Crippen LogP contribution >= 0.6 is 39.5 Å². The topological polar surface area (TPSA) is 38.5 Å².